The van der Waals surface area contributed by atoms with E-state index in [2.05, 4.69) is 9.75 Å². The average Bonchev–Trinajstić information content (AvgIpc) is 2.30. The lowest BCUT2D eigenvalue weighted by atomic mass is 10.4. The van der Waals surface area contributed by atoms with Gasteiger partial charge in [0.2, 0.25) is 0 Å². The lowest BCUT2D eigenvalue weighted by Crippen LogP contribution is -1.97. The van der Waals surface area contributed by atoms with Crippen LogP contribution in [0.4, 0.5) is 0 Å². The van der Waals surface area contributed by atoms with Crippen molar-refractivity contribution in [1.82, 2.24) is 4.98 Å². The normalized spacial score (nSPS) is 14.5. The molecule has 1 heterocycles. The van der Waals surface area contributed by atoms with Crippen LogP contribution in [-0.2, 0) is 21.1 Å². The minimum atomic E-state index is -2.74. The van der Waals surface area contributed by atoms with E-state index in [-0.39, 0.29) is 0 Å². The highest BCUT2D eigenvalue weighted by atomic mass is 32.5. The molecule has 0 aliphatic carbocycles. The quantitative estimate of drug-likeness (QED) is 0.453. The van der Waals surface area contributed by atoms with Crippen LogP contribution in [-0.4, -0.2) is 25.1 Å². The molecule has 1 rings (SSSR count). The summed E-state index contributed by atoms with van der Waals surface area (Å²) in [5.41, 5.74) is 0.905. The number of ether oxygens (including phenoxy) is 1. The number of aryl methyl sites for hydroxylation is 1. The zero-order valence-corrected chi connectivity index (χ0v) is 11.7. The molecule has 7 heteroatoms. The second-order valence-electron chi connectivity index (χ2n) is 3.07. The first-order valence-electron chi connectivity index (χ1n) is 5.03. The standard InChI is InChI=1S/C10H15N2O3PS/c1-4-14-16(17,12-8-13-3)15-10-6-5-9(2)11-7-10/h5-8H,4H2,1-3H3/b12-8+. The highest BCUT2D eigenvalue weighted by Gasteiger charge is 2.18. The summed E-state index contributed by atoms with van der Waals surface area (Å²) in [7, 11) is 1.49. The van der Waals surface area contributed by atoms with Gasteiger partial charge in [-0.25, -0.2) is 0 Å². The van der Waals surface area contributed by atoms with Gasteiger partial charge < -0.3 is 13.8 Å². The molecule has 1 aromatic heterocycles. The van der Waals surface area contributed by atoms with E-state index in [1.54, 1.807) is 12.3 Å². The van der Waals surface area contributed by atoms with Gasteiger partial charge in [0.05, 0.1) is 19.9 Å². The molecule has 1 atom stereocenters. The maximum absolute atomic E-state index is 5.56. The molecule has 1 aromatic rings. The molecule has 0 N–H and O–H groups in total. The van der Waals surface area contributed by atoms with E-state index in [0.29, 0.717) is 12.4 Å². The van der Waals surface area contributed by atoms with Crippen molar-refractivity contribution in [3.05, 3.63) is 24.0 Å². The fourth-order valence-corrected chi connectivity index (χ4v) is 2.76. The Bertz CT molecular complexity index is 422. The van der Waals surface area contributed by atoms with E-state index in [1.807, 2.05) is 19.9 Å². The molecule has 0 aliphatic rings. The van der Waals surface area contributed by atoms with Crippen LogP contribution >= 0.6 is 6.64 Å². The number of methoxy groups -OCH3 is 1. The van der Waals surface area contributed by atoms with E-state index in [9.17, 15) is 0 Å². The van der Waals surface area contributed by atoms with Crippen molar-refractivity contribution >= 4 is 24.8 Å². The largest absolute Gasteiger partial charge is 0.486 e. The molecule has 0 saturated heterocycles. The molecule has 0 bridgehead atoms. The Kier molecular flexibility index (Phi) is 5.55. The number of hydrogen-bond acceptors (Lipinski definition) is 5. The summed E-state index contributed by atoms with van der Waals surface area (Å²) in [5.74, 6) is 0.542. The molecular formula is C10H15N2O3PS. The maximum Gasteiger partial charge on any atom is 0.363 e. The summed E-state index contributed by atoms with van der Waals surface area (Å²) in [4.78, 5) is 4.11. The Morgan fingerprint density at radius 2 is 2.29 bits per heavy atom. The summed E-state index contributed by atoms with van der Waals surface area (Å²) in [6, 6.07) is 3.62. The monoisotopic (exact) mass is 274 g/mol. The van der Waals surface area contributed by atoms with Gasteiger partial charge >= 0.3 is 6.64 Å². The maximum atomic E-state index is 5.56. The first-order chi connectivity index (χ1) is 8.09. The van der Waals surface area contributed by atoms with Crippen molar-refractivity contribution in [3.63, 3.8) is 0 Å². The van der Waals surface area contributed by atoms with Crippen LogP contribution in [0.25, 0.3) is 0 Å². The van der Waals surface area contributed by atoms with Crippen LogP contribution in [0.15, 0.2) is 23.1 Å². The van der Waals surface area contributed by atoms with Crippen LogP contribution in [0.3, 0.4) is 0 Å². The number of rotatable bonds is 6. The van der Waals surface area contributed by atoms with E-state index >= 15 is 0 Å². The fourth-order valence-electron chi connectivity index (χ4n) is 0.993. The SMILES string of the molecule is CCOP(=S)(/N=C/OC)Oc1ccc(C)nc1. The fraction of sp³-hybridized carbons (Fsp3) is 0.400. The second-order valence-corrected chi connectivity index (χ2v) is 6.06. The average molecular weight is 274 g/mol. The van der Waals surface area contributed by atoms with Gasteiger partial charge in [-0.05, 0) is 26.0 Å². The summed E-state index contributed by atoms with van der Waals surface area (Å²) < 4.78 is 19.6. The minimum absolute atomic E-state index is 0.428. The van der Waals surface area contributed by atoms with Crippen LogP contribution in [0, 0.1) is 6.92 Å². The third-order valence-corrected chi connectivity index (χ3v) is 3.92. The molecule has 0 amide bonds. The van der Waals surface area contributed by atoms with Gasteiger partial charge in [-0.2, -0.15) is 4.76 Å². The highest BCUT2D eigenvalue weighted by molar-refractivity contribution is 8.09. The van der Waals surface area contributed by atoms with Gasteiger partial charge in [-0.15, -0.1) is 0 Å². The topological polar surface area (TPSA) is 52.9 Å². The van der Waals surface area contributed by atoms with Crippen molar-refractivity contribution in [1.29, 1.82) is 0 Å². The molecule has 0 spiro atoms. The van der Waals surface area contributed by atoms with Gasteiger partial charge in [0.15, 0.2) is 6.40 Å². The Morgan fingerprint density at radius 3 is 2.82 bits per heavy atom. The lowest BCUT2D eigenvalue weighted by molar-refractivity contribution is 0.330. The van der Waals surface area contributed by atoms with Gasteiger partial charge in [0.25, 0.3) is 0 Å². The van der Waals surface area contributed by atoms with E-state index in [0.717, 1.165) is 5.69 Å². The molecule has 1 unspecified atom stereocenters. The summed E-state index contributed by atoms with van der Waals surface area (Å²) >= 11 is 5.24. The molecule has 0 aliphatic heterocycles. The number of nitrogens with zero attached hydrogens (tertiary/aromatic N) is 2. The Balaban J connectivity index is 2.82. The van der Waals surface area contributed by atoms with Crippen LogP contribution in [0.2, 0.25) is 0 Å². The highest BCUT2D eigenvalue weighted by Crippen LogP contribution is 2.49. The van der Waals surface area contributed by atoms with E-state index in [4.69, 9.17) is 25.6 Å². The first-order valence-corrected chi connectivity index (χ1v) is 7.62. The molecule has 0 aromatic carbocycles. The first kappa shape index (κ1) is 14.1. The zero-order valence-electron chi connectivity index (χ0n) is 9.99. The zero-order chi connectivity index (χ0) is 12.7. The van der Waals surface area contributed by atoms with Gasteiger partial charge in [0.1, 0.15) is 5.75 Å². The Labute approximate surface area is 106 Å². The Morgan fingerprint density at radius 1 is 1.53 bits per heavy atom. The Hall–Kier alpha value is -0.970. The third-order valence-electron chi connectivity index (χ3n) is 1.69. The van der Waals surface area contributed by atoms with Crippen LogP contribution < -0.4 is 4.52 Å². The molecule has 17 heavy (non-hydrogen) atoms. The van der Waals surface area contributed by atoms with Crippen molar-refractivity contribution in [2.24, 2.45) is 4.76 Å². The molecule has 5 nitrogen and oxygen atoms in total. The van der Waals surface area contributed by atoms with Crippen LogP contribution in [0.5, 0.6) is 5.75 Å². The van der Waals surface area contributed by atoms with Gasteiger partial charge in [-0.3, -0.25) is 4.98 Å². The summed E-state index contributed by atoms with van der Waals surface area (Å²) in [6.45, 7) is 1.42. The van der Waals surface area contributed by atoms with E-state index in [1.165, 1.54) is 13.5 Å². The van der Waals surface area contributed by atoms with E-state index < -0.39 is 6.64 Å². The van der Waals surface area contributed by atoms with Gasteiger partial charge in [0, 0.05) is 17.5 Å². The molecular weight excluding hydrogens is 259 g/mol. The second kappa shape index (κ2) is 6.69. The molecule has 0 radical (unpaired) electrons. The number of hydrogen-bond donors (Lipinski definition) is 0. The van der Waals surface area contributed by atoms with Gasteiger partial charge in [-0.1, -0.05) is 0 Å². The van der Waals surface area contributed by atoms with Crippen molar-refractivity contribution in [2.45, 2.75) is 13.8 Å². The third kappa shape index (κ3) is 4.81. The molecule has 94 valence electrons. The summed E-state index contributed by atoms with van der Waals surface area (Å²) in [5, 5.41) is 0. The smallest absolute Gasteiger partial charge is 0.363 e. The van der Waals surface area contributed by atoms with Crippen molar-refractivity contribution in [3.8, 4) is 5.75 Å². The molecule has 0 fully saturated rings. The predicted octanol–water partition coefficient (Wildman–Crippen LogP) is 2.70. The summed E-state index contributed by atoms with van der Waals surface area (Å²) in [6.07, 6.45) is 2.83. The minimum Gasteiger partial charge on any atom is -0.486 e. The van der Waals surface area contributed by atoms with Crippen molar-refractivity contribution in [2.75, 3.05) is 13.7 Å². The predicted molar refractivity (Wildman–Crippen MR) is 71.0 cm³/mol. The van der Waals surface area contributed by atoms with Crippen molar-refractivity contribution < 1.29 is 13.8 Å². The lowest BCUT2D eigenvalue weighted by Gasteiger charge is -2.16. The number of aromatic nitrogens is 1. The molecule has 0 saturated carbocycles. The van der Waals surface area contributed by atoms with Crippen LogP contribution in [0.1, 0.15) is 12.6 Å². The number of pyridine rings is 1.